The number of carbonyl (C=O) groups is 1. The predicted octanol–water partition coefficient (Wildman–Crippen LogP) is -0.239. The molecule has 0 radical (unpaired) electrons. The Kier molecular flexibility index (Phi) is 4.84. The zero-order chi connectivity index (χ0) is 11.3. The normalized spacial score (nSPS) is 28.2. The SMILES string of the molecule is CCNC(=O)N[C@H]1CCN(C)C[C@@H](O)C1. The summed E-state index contributed by atoms with van der Waals surface area (Å²) in [6, 6.07) is -0.0595. The number of hydrogen-bond acceptors (Lipinski definition) is 3. The number of β-amino-alcohol motifs (C(OH)–C–C–N with tert-alkyl or cyclic N) is 1. The van der Waals surface area contributed by atoms with Crippen molar-refractivity contribution in [2.75, 3.05) is 26.7 Å². The maximum absolute atomic E-state index is 11.3. The van der Waals surface area contributed by atoms with Gasteiger partial charge in [0.05, 0.1) is 6.10 Å². The molecule has 1 aliphatic rings. The molecule has 1 rings (SSSR count). The first-order valence-corrected chi connectivity index (χ1v) is 5.52. The number of aliphatic hydroxyl groups is 1. The summed E-state index contributed by atoms with van der Waals surface area (Å²) in [6.07, 6.45) is 1.19. The molecule has 5 heteroatoms. The molecule has 1 heterocycles. The molecule has 5 nitrogen and oxygen atoms in total. The Morgan fingerprint density at radius 1 is 1.60 bits per heavy atom. The highest BCUT2D eigenvalue weighted by Crippen LogP contribution is 2.10. The Morgan fingerprint density at radius 3 is 3.00 bits per heavy atom. The number of nitrogens with one attached hydrogen (secondary N) is 2. The van der Waals surface area contributed by atoms with Gasteiger partial charge in [0, 0.05) is 19.1 Å². The lowest BCUT2D eigenvalue weighted by Crippen LogP contribution is -2.43. The van der Waals surface area contributed by atoms with Crippen molar-refractivity contribution >= 4 is 6.03 Å². The van der Waals surface area contributed by atoms with Crippen molar-refractivity contribution in [1.29, 1.82) is 0 Å². The van der Waals surface area contributed by atoms with Crippen LogP contribution in [-0.2, 0) is 0 Å². The fourth-order valence-electron chi connectivity index (χ4n) is 1.88. The number of rotatable bonds is 2. The summed E-state index contributed by atoms with van der Waals surface area (Å²) >= 11 is 0. The van der Waals surface area contributed by atoms with E-state index < -0.39 is 0 Å². The van der Waals surface area contributed by atoms with Crippen LogP contribution in [0.5, 0.6) is 0 Å². The number of likely N-dealkylation sites (N-methyl/N-ethyl adjacent to an activating group) is 1. The van der Waals surface area contributed by atoms with Gasteiger partial charge in [-0.2, -0.15) is 0 Å². The van der Waals surface area contributed by atoms with E-state index in [1.165, 1.54) is 0 Å². The molecular weight excluding hydrogens is 194 g/mol. The summed E-state index contributed by atoms with van der Waals surface area (Å²) < 4.78 is 0. The molecule has 1 aliphatic heterocycles. The van der Waals surface area contributed by atoms with E-state index in [1.54, 1.807) is 0 Å². The van der Waals surface area contributed by atoms with Gasteiger partial charge in [-0.05, 0) is 33.4 Å². The summed E-state index contributed by atoms with van der Waals surface area (Å²) in [5, 5.41) is 15.2. The molecule has 1 saturated heterocycles. The topological polar surface area (TPSA) is 64.6 Å². The van der Waals surface area contributed by atoms with Gasteiger partial charge in [0.1, 0.15) is 0 Å². The second-order valence-corrected chi connectivity index (χ2v) is 4.14. The Labute approximate surface area is 90.8 Å². The molecule has 1 fully saturated rings. The zero-order valence-corrected chi connectivity index (χ0v) is 9.49. The summed E-state index contributed by atoms with van der Waals surface area (Å²) in [5.41, 5.74) is 0. The van der Waals surface area contributed by atoms with Crippen LogP contribution in [0.3, 0.4) is 0 Å². The summed E-state index contributed by atoms with van der Waals surface area (Å²) in [6.45, 7) is 4.11. The molecule has 0 spiro atoms. The van der Waals surface area contributed by atoms with E-state index in [9.17, 15) is 9.90 Å². The van der Waals surface area contributed by atoms with Crippen molar-refractivity contribution < 1.29 is 9.90 Å². The molecule has 2 atom stereocenters. The summed E-state index contributed by atoms with van der Waals surface area (Å²) in [4.78, 5) is 13.4. The van der Waals surface area contributed by atoms with Gasteiger partial charge >= 0.3 is 6.03 Å². The minimum absolute atomic E-state index is 0.0801. The minimum atomic E-state index is -0.343. The van der Waals surface area contributed by atoms with Crippen LogP contribution in [0.4, 0.5) is 4.79 Å². The van der Waals surface area contributed by atoms with Crippen molar-refractivity contribution in [3.8, 4) is 0 Å². The van der Waals surface area contributed by atoms with E-state index in [2.05, 4.69) is 15.5 Å². The fraction of sp³-hybridized carbons (Fsp3) is 0.900. The molecule has 0 unspecified atom stereocenters. The van der Waals surface area contributed by atoms with Crippen LogP contribution in [0.2, 0.25) is 0 Å². The van der Waals surface area contributed by atoms with Crippen molar-refractivity contribution in [2.24, 2.45) is 0 Å². The van der Waals surface area contributed by atoms with Gasteiger partial charge in [0.25, 0.3) is 0 Å². The molecule has 0 bridgehead atoms. The first-order valence-electron chi connectivity index (χ1n) is 5.52. The average molecular weight is 215 g/mol. The highest BCUT2D eigenvalue weighted by atomic mass is 16.3. The molecule has 2 amide bonds. The molecule has 0 aromatic carbocycles. The van der Waals surface area contributed by atoms with Crippen LogP contribution < -0.4 is 10.6 Å². The van der Waals surface area contributed by atoms with E-state index in [1.807, 2.05) is 14.0 Å². The Morgan fingerprint density at radius 2 is 2.33 bits per heavy atom. The molecule has 15 heavy (non-hydrogen) atoms. The number of amides is 2. The third kappa shape index (κ3) is 4.48. The third-order valence-corrected chi connectivity index (χ3v) is 2.61. The highest BCUT2D eigenvalue weighted by Gasteiger charge is 2.21. The number of urea groups is 1. The highest BCUT2D eigenvalue weighted by molar-refractivity contribution is 5.74. The number of hydrogen-bond donors (Lipinski definition) is 3. The largest absolute Gasteiger partial charge is 0.392 e. The zero-order valence-electron chi connectivity index (χ0n) is 9.49. The predicted molar refractivity (Wildman–Crippen MR) is 58.7 cm³/mol. The minimum Gasteiger partial charge on any atom is -0.392 e. The maximum Gasteiger partial charge on any atom is 0.314 e. The molecule has 3 N–H and O–H groups in total. The smallest absolute Gasteiger partial charge is 0.314 e. The summed E-state index contributed by atoms with van der Waals surface area (Å²) in [7, 11) is 1.98. The van der Waals surface area contributed by atoms with Gasteiger partial charge in [-0.3, -0.25) is 0 Å². The van der Waals surface area contributed by atoms with E-state index in [0.717, 1.165) is 13.0 Å². The van der Waals surface area contributed by atoms with Crippen molar-refractivity contribution in [3.05, 3.63) is 0 Å². The Hall–Kier alpha value is -0.810. The lowest BCUT2D eigenvalue weighted by atomic mass is 10.1. The molecular formula is C10H21N3O2. The number of carbonyl (C=O) groups excluding carboxylic acids is 1. The Bertz CT molecular complexity index is 211. The molecule has 88 valence electrons. The fourth-order valence-corrected chi connectivity index (χ4v) is 1.88. The monoisotopic (exact) mass is 215 g/mol. The molecule has 0 aliphatic carbocycles. The first kappa shape index (κ1) is 12.3. The number of nitrogens with zero attached hydrogens (tertiary/aromatic N) is 1. The van der Waals surface area contributed by atoms with Gasteiger partial charge in [-0.1, -0.05) is 0 Å². The third-order valence-electron chi connectivity index (χ3n) is 2.61. The maximum atomic E-state index is 11.3. The van der Waals surface area contributed by atoms with Gasteiger partial charge in [0.15, 0.2) is 0 Å². The molecule has 0 aromatic rings. The first-order chi connectivity index (χ1) is 7.11. The Balaban J connectivity index is 2.37. The van der Waals surface area contributed by atoms with Crippen molar-refractivity contribution in [1.82, 2.24) is 15.5 Å². The van der Waals surface area contributed by atoms with Crippen molar-refractivity contribution in [2.45, 2.75) is 31.9 Å². The average Bonchev–Trinajstić information content (AvgIpc) is 2.27. The van der Waals surface area contributed by atoms with Crippen LogP contribution in [0.1, 0.15) is 19.8 Å². The van der Waals surface area contributed by atoms with E-state index in [-0.39, 0.29) is 18.2 Å². The summed E-state index contributed by atoms with van der Waals surface area (Å²) in [5.74, 6) is 0. The quantitative estimate of drug-likeness (QED) is 0.596. The van der Waals surface area contributed by atoms with E-state index in [0.29, 0.717) is 19.5 Å². The second kappa shape index (κ2) is 5.92. The number of likely N-dealkylation sites (tertiary alicyclic amines) is 1. The van der Waals surface area contributed by atoms with Crippen LogP contribution >= 0.6 is 0 Å². The second-order valence-electron chi connectivity index (χ2n) is 4.14. The standard InChI is InChI=1S/C10H21N3O2/c1-3-11-10(15)12-8-4-5-13(2)7-9(14)6-8/h8-9,14H,3-7H2,1-2H3,(H2,11,12,15)/t8-,9-/m0/s1. The van der Waals surface area contributed by atoms with E-state index in [4.69, 9.17) is 0 Å². The molecule has 0 saturated carbocycles. The van der Waals surface area contributed by atoms with Gasteiger partial charge in [0.2, 0.25) is 0 Å². The van der Waals surface area contributed by atoms with Crippen LogP contribution in [0.25, 0.3) is 0 Å². The van der Waals surface area contributed by atoms with Crippen LogP contribution in [-0.4, -0.2) is 54.9 Å². The van der Waals surface area contributed by atoms with Crippen LogP contribution in [0.15, 0.2) is 0 Å². The van der Waals surface area contributed by atoms with Crippen molar-refractivity contribution in [3.63, 3.8) is 0 Å². The molecule has 0 aromatic heterocycles. The van der Waals surface area contributed by atoms with Gasteiger partial charge < -0.3 is 20.6 Å². The lowest BCUT2D eigenvalue weighted by molar-refractivity contribution is 0.128. The lowest BCUT2D eigenvalue weighted by Gasteiger charge is -2.17. The van der Waals surface area contributed by atoms with E-state index >= 15 is 0 Å². The van der Waals surface area contributed by atoms with Gasteiger partial charge in [-0.25, -0.2) is 4.79 Å². The number of aliphatic hydroxyl groups excluding tert-OH is 1. The van der Waals surface area contributed by atoms with Crippen LogP contribution in [0, 0.1) is 0 Å². The van der Waals surface area contributed by atoms with Gasteiger partial charge in [-0.15, -0.1) is 0 Å².